The van der Waals surface area contributed by atoms with Crippen LogP contribution in [0.3, 0.4) is 0 Å². The normalized spacial score (nSPS) is 17.0. The number of thiophene rings is 1. The van der Waals surface area contributed by atoms with Gasteiger partial charge in [-0.3, -0.25) is 4.79 Å². The Labute approximate surface area is 141 Å². The van der Waals surface area contributed by atoms with Gasteiger partial charge in [0.1, 0.15) is 5.75 Å². The van der Waals surface area contributed by atoms with Gasteiger partial charge in [0.15, 0.2) is 0 Å². The first-order valence-electron chi connectivity index (χ1n) is 8.24. The third-order valence-corrected chi connectivity index (χ3v) is 5.46. The van der Waals surface area contributed by atoms with Gasteiger partial charge < -0.3 is 9.64 Å². The van der Waals surface area contributed by atoms with Gasteiger partial charge in [0.05, 0.1) is 13.2 Å². The molecule has 23 heavy (non-hydrogen) atoms. The molecule has 0 spiro atoms. The number of unbranched alkanes of at least 4 members (excludes halogenated alkanes) is 1. The minimum atomic E-state index is 0.0419. The van der Waals surface area contributed by atoms with E-state index in [9.17, 15) is 4.79 Å². The first kappa shape index (κ1) is 16.1. The van der Waals surface area contributed by atoms with Gasteiger partial charge in [-0.1, -0.05) is 25.5 Å². The fraction of sp³-hybridized carbons (Fsp3) is 0.421. The number of methoxy groups -OCH3 is 1. The van der Waals surface area contributed by atoms with Gasteiger partial charge in [0.2, 0.25) is 5.91 Å². The number of ether oxygens (including phenoxy) is 1. The summed E-state index contributed by atoms with van der Waals surface area (Å²) in [4.78, 5) is 16.2. The molecule has 1 amide bonds. The van der Waals surface area contributed by atoms with E-state index in [1.165, 1.54) is 10.4 Å². The summed E-state index contributed by atoms with van der Waals surface area (Å²) in [7, 11) is 1.67. The van der Waals surface area contributed by atoms with Crippen molar-refractivity contribution >= 4 is 17.2 Å². The lowest BCUT2D eigenvalue weighted by molar-refractivity contribution is -0.133. The van der Waals surface area contributed by atoms with Crippen molar-refractivity contribution in [2.45, 2.75) is 38.6 Å². The van der Waals surface area contributed by atoms with Crippen LogP contribution in [0.25, 0.3) is 0 Å². The molecule has 0 bridgehead atoms. The summed E-state index contributed by atoms with van der Waals surface area (Å²) in [6.45, 7) is 2.94. The van der Waals surface area contributed by atoms with Crippen molar-refractivity contribution in [3.05, 3.63) is 51.7 Å². The third-order valence-electron chi connectivity index (χ3n) is 4.46. The van der Waals surface area contributed by atoms with Crippen molar-refractivity contribution in [3.63, 3.8) is 0 Å². The largest absolute Gasteiger partial charge is 0.497 e. The number of hydrogen-bond acceptors (Lipinski definition) is 3. The molecule has 0 saturated heterocycles. The Kier molecular flexibility index (Phi) is 5.01. The molecule has 1 aliphatic heterocycles. The highest BCUT2D eigenvalue weighted by atomic mass is 32.1. The fourth-order valence-corrected chi connectivity index (χ4v) is 4.11. The number of benzene rings is 1. The molecule has 3 nitrogen and oxygen atoms in total. The summed E-state index contributed by atoms with van der Waals surface area (Å²) in [5, 5.41) is 2.14. The molecule has 1 aliphatic rings. The summed E-state index contributed by atoms with van der Waals surface area (Å²) in [5.41, 5.74) is 2.45. The summed E-state index contributed by atoms with van der Waals surface area (Å²) in [6, 6.07) is 10.3. The quantitative estimate of drug-likeness (QED) is 0.812. The molecule has 1 aromatic carbocycles. The monoisotopic (exact) mass is 329 g/mol. The minimum absolute atomic E-state index is 0.0419. The van der Waals surface area contributed by atoms with Crippen LogP contribution in [0.1, 0.15) is 48.2 Å². The molecule has 3 rings (SSSR count). The lowest BCUT2D eigenvalue weighted by Crippen LogP contribution is -2.39. The predicted molar refractivity (Wildman–Crippen MR) is 94.1 cm³/mol. The van der Waals surface area contributed by atoms with Gasteiger partial charge in [0, 0.05) is 17.8 Å². The topological polar surface area (TPSA) is 29.5 Å². The molecule has 0 unspecified atom stereocenters. The highest BCUT2D eigenvalue weighted by Gasteiger charge is 2.32. The number of nitrogens with zero attached hydrogens (tertiary/aromatic N) is 1. The van der Waals surface area contributed by atoms with E-state index in [1.54, 1.807) is 18.4 Å². The van der Waals surface area contributed by atoms with E-state index in [1.807, 2.05) is 12.1 Å². The highest BCUT2D eigenvalue weighted by Crippen LogP contribution is 2.38. The standard InChI is InChI=1S/C19H23NO2S/c1-3-4-5-18(21)20-12-10-17-16(11-13-23-17)19(20)14-6-8-15(22-2)9-7-14/h6-9,11,13,19H,3-5,10,12H2,1-2H3/t19-/m1/s1. The van der Waals surface area contributed by atoms with Crippen LogP contribution < -0.4 is 4.74 Å². The van der Waals surface area contributed by atoms with E-state index >= 15 is 0 Å². The Morgan fingerprint density at radius 3 is 2.78 bits per heavy atom. The molecule has 0 aliphatic carbocycles. The van der Waals surface area contributed by atoms with Gasteiger partial charge >= 0.3 is 0 Å². The van der Waals surface area contributed by atoms with E-state index in [-0.39, 0.29) is 11.9 Å². The summed E-state index contributed by atoms with van der Waals surface area (Å²) in [5.74, 6) is 1.11. The molecule has 1 atom stereocenters. The van der Waals surface area contributed by atoms with Gasteiger partial charge in [-0.2, -0.15) is 0 Å². The Bertz CT molecular complexity index is 662. The van der Waals surface area contributed by atoms with Crippen molar-refractivity contribution in [2.75, 3.05) is 13.7 Å². The molecule has 0 fully saturated rings. The number of amides is 1. The van der Waals surface area contributed by atoms with Crippen LogP contribution in [0.5, 0.6) is 5.75 Å². The zero-order valence-electron chi connectivity index (χ0n) is 13.7. The summed E-state index contributed by atoms with van der Waals surface area (Å²) < 4.78 is 5.26. The second-order valence-electron chi connectivity index (χ2n) is 5.92. The predicted octanol–water partition coefficient (Wildman–Crippen LogP) is 4.42. The molecule has 0 saturated carbocycles. The number of fused-ring (bicyclic) bond motifs is 1. The van der Waals surface area contributed by atoms with E-state index in [4.69, 9.17) is 4.74 Å². The Balaban J connectivity index is 1.94. The first-order chi connectivity index (χ1) is 11.2. The van der Waals surface area contributed by atoms with Crippen LogP contribution in [0, 0.1) is 0 Å². The van der Waals surface area contributed by atoms with Crippen molar-refractivity contribution in [3.8, 4) is 5.75 Å². The second kappa shape index (κ2) is 7.18. The van der Waals surface area contributed by atoms with Crippen LogP contribution >= 0.6 is 11.3 Å². The van der Waals surface area contributed by atoms with Crippen LogP contribution in [0.15, 0.2) is 35.7 Å². The average molecular weight is 329 g/mol. The molecular formula is C19H23NO2S. The number of carbonyl (C=O) groups is 1. The van der Waals surface area contributed by atoms with Gasteiger partial charge in [0.25, 0.3) is 0 Å². The number of carbonyl (C=O) groups excluding carboxylic acids is 1. The molecule has 4 heteroatoms. The second-order valence-corrected chi connectivity index (χ2v) is 6.92. The maximum Gasteiger partial charge on any atom is 0.223 e. The molecule has 0 radical (unpaired) electrons. The smallest absolute Gasteiger partial charge is 0.223 e. The van der Waals surface area contributed by atoms with Crippen LogP contribution in [-0.4, -0.2) is 24.5 Å². The molecule has 2 aromatic rings. The Hall–Kier alpha value is -1.81. The third kappa shape index (κ3) is 3.27. The van der Waals surface area contributed by atoms with E-state index < -0.39 is 0 Å². The molecular weight excluding hydrogens is 306 g/mol. The molecule has 1 aromatic heterocycles. The zero-order chi connectivity index (χ0) is 16.2. The van der Waals surface area contributed by atoms with Gasteiger partial charge in [-0.15, -0.1) is 11.3 Å². The first-order valence-corrected chi connectivity index (χ1v) is 9.12. The van der Waals surface area contributed by atoms with Crippen LogP contribution in [-0.2, 0) is 11.2 Å². The van der Waals surface area contributed by atoms with Crippen molar-refractivity contribution in [1.82, 2.24) is 4.90 Å². The van der Waals surface area contributed by atoms with Crippen molar-refractivity contribution < 1.29 is 9.53 Å². The lowest BCUT2D eigenvalue weighted by Gasteiger charge is -2.36. The molecule has 122 valence electrons. The zero-order valence-corrected chi connectivity index (χ0v) is 14.6. The van der Waals surface area contributed by atoms with Crippen molar-refractivity contribution in [2.24, 2.45) is 0 Å². The van der Waals surface area contributed by atoms with E-state index in [2.05, 4.69) is 35.4 Å². The molecule has 0 N–H and O–H groups in total. The van der Waals surface area contributed by atoms with Gasteiger partial charge in [-0.25, -0.2) is 0 Å². The summed E-state index contributed by atoms with van der Waals surface area (Å²) in [6.07, 6.45) is 3.62. The van der Waals surface area contributed by atoms with Crippen molar-refractivity contribution in [1.29, 1.82) is 0 Å². The SMILES string of the molecule is CCCCC(=O)N1CCc2sccc2[C@H]1c1ccc(OC)cc1. The number of hydrogen-bond donors (Lipinski definition) is 0. The van der Waals surface area contributed by atoms with E-state index in [0.29, 0.717) is 6.42 Å². The Morgan fingerprint density at radius 1 is 1.30 bits per heavy atom. The highest BCUT2D eigenvalue weighted by molar-refractivity contribution is 7.10. The minimum Gasteiger partial charge on any atom is -0.497 e. The summed E-state index contributed by atoms with van der Waals surface area (Å²) >= 11 is 1.80. The van der Waals surface area contributed by atoms with Crippen LogP contribution in [0.2, 0.25) is 0 Å². The fourth-order valence-electron chi connectivity index (χ4n) is 3.20. The van der Waals surface area contributed by atoms with Crippen LogP contribution in [0.4, 0.5) is 0 Å². The average Bonchev–Trinajstić information content (AvgIpc) is 3.07. The maximum atomic E-state index is 12.7. The Morgan fingerprint density at radius 2 is 2.09 bits per heavy atom. The van der Waals surface area contributed by atoms with E-state index in [0.717, 1.165) is 37.1 Å². The lowest BCUT2D eigenvalue weighted by atomic mass is 9.92. The number of rotatable bonds is 5. The molecule has 2 heterocycles. The maximum absolute atomic E-state index is 12.7. The van der Waals surface area contributed by atoms with Gasteiger partial charge in [-0.05, 0) is 47.5 Å².